The average molecular weight is 370 g/mol. The number of carboxylic acids is 1. The Morgan fingerprint density at radius 2 is 1.76 bits per heavy atom. The maximum atomic E-state index is 11.4. The van der Waals surface area contributed by atoms with Gasteiger partial charge in [0.2, 0.25) is 0 Å². The average Bonchev–Trinajstić information content (AvgIpc) is 2.34. The van der Waals surface area contributed by atoms with Crippen LogP contribution in [0.4, 0.5) is 17.1 Å². The Kier molecular flexibility index (Phi) is 4.44. The van der Waals surface area contributed by atoms with Crippen molar-refractivity contribution in [3.63, 3.8) is 0 Å². The zero-order valence-corrected chi connectivity index (χ0v) is 13.8. The molecule has 6 heteroatoms. The zero-order valence-electron chi connectivity index (χ0n) is 11.5. The second kappa shape index (κ2) is 5.95. The molecule has 0 fully saturated rings. The third-order valence-corrected chi connectivity index (χ3v) is 3.85. The first-order valence-electron chi connectivity index (χ1n) is 6.15. The second-order valence-electron chi connectivity index (χ2n) is 4.77. The number of carbonyl (C=O) groups is 1. The number of aromatic carboxylic acids is 1. The summed E-state index contributed by atoms with van der Waals surface area (Å²) in [7, 11) is 0. The molecule has 0 aliphatic carbocycles. The van der Waals surface area contributed by atoms with E-state index in [1.165, 1.54) is 12.1 Å². The van der Waals surface area contributed by atoms with E-state index in [9.17, 15) is 9.90 Å². The standard InChI is InChI=1S/C15H14BrClN2O2/c1-7-3-9(16)4-8(2)13(7)19-14-11(15(20)21)5-10(18)6-12(14)17/h3-6,19H,18H2,1-2H3,(H,20,21). The number of rotatable bonds is 3. The van der Waals surface area contributed by atoms with Gasteiger partial charge in [0, 0.05) is 15.8 Å². The second-order valence-corrected chi connectivity index (χ2v) is 6.09. The molecule has 0 heterocycles. The minimum absolute atomic E-state index is 0.0433. The summed E-state index contributed by atoms with van der Waals surface area (Å²) >= 11 is 9.58. The van der Waals surface area contributed by atoms with E-state index in [1.54, 1.807) is 0 Å². The van der Waals surface area contributed by atoms with Crippen LogP contribution in [0.2, 0.25) is 5.02 Å². The van der Waals surface area contributed by atoms with Crippen molar-refractivity contribution in [3.8, 4) is 0 Å². The largest absolute Gasteiger partial charge is 0.478 e. The number of aryl methyl sites for hydroxylation is 2. The highest BCUT2D eigenvalue weighted by Crippen LogP contribution is 2.35. The summed E-state index contributed by atoms with van der Waals surface area (Å²) in [5, 5.41) is 12.7. The van der Waals surface area contributed by atoms with E-state index in [4.69, 9.17) is 17.3 Å². The summed E-state index contributed by atoms with van der Waals surface area (Å²) in [6.07, 6.45) is 0. The lowest BCUT2D eigenvalue weighted by Crippen LogP contribution is -2.06. The van der Waals surface area contributed by atoms with Gasteiger partial charge in [0.15, 0.2) is 0 Å². The molecule has 0 aliphatic heterocycles. The third-order valence-electron chi connectivity index (χ3n) is 3.09. The fourth-order valence-corrected chi connectivity index (χ4v) is 3.12. The fraction of sp³-hybridized carbons (Fsp3) is 0.133. The van der Waals surface area contributed by atoms with Crippen LogP contribution in [0.3, 0.4) is 0 Å². The number of hydrogen-bond donors (Lipinski definition) is 3. The number of anilines is 3. The Hall–Kier alpha value is -1.72. The minimum Gasteiger partial charge on any atom is -0.478 e. The molecule has 0 atom stereocenters. The Morgan fingerprint density at radius 1 is 1.19 bits per heavy atom. The van der Waals surface area contributed by atoms with Crippen molar-refractivity contribution in [1.29, 1.82) is 0 Å². The van der Waals surface area contributed by atoms with Gasteiger partial charge in [-0.15, -0.1) is 0 Å². The molecule has 2 aromatic carbocycles. The summed E-state index contributed by atoms with van der Waals surface area (Å²) in [5.41, 5.74) is 9.13. The maximum absolute atomic E-state index is 11.4. The smallest absolute Gasteiger partial charge is 0.337 e. The summed E-state index contributed by atoms with van der Waals surface area (Å²) in [6, 6.07) is 6.81. The molecule has 0 saturated heterocycles. The molecule has 110 valence electrons. The van der Waals surface area contributed by atoms with Crippen LogP contribution < -0.4 is 11.1 Å². The van der Waals surface area contributed by atoms with E-state index in [0.29, 0.717) is 11.4 Å². The number of nitrogens with two attached hydrogens (primary N) is 1. The first kappa shape index (κ1) is 15.7. The van der Waals surface area contributed by atoms with Crippen molar-refractivity contribution in [2.45, 2.75) is 13.8 Å². The van der Waals surface area contributed by atoms with Crippen LogP contribution in [0.25, 0.3) is 0 Å². The normalized spacial score (nSPS) is 10.5. The van der Waals surface area contributed by atoms with E-state index in [2.05, 4.69) is 21.2 Å². The fourth-order valence-electron chi connectivity index (χ4n) is 2.16. The van der Waals surface area contributed by atoms with Gasteiger partial charge in [-0.3, -0.25) is 0 Å². The number of halogens is 2. The van der Waals surface area contributed by atoms with Crippen LogP contribution in [0.15, 0.2) is 28.7 Å². The molecule has 0 amide bonds. The maximum Gasteiger partial charge on any atom is 0.337 e. The third kappa shape index (κ3) is 3.31. The van der Waals surface area contributed by atoms with Crippen LogP contribution in [0.1, 0.15) is 21.5 Å². The Morgan fingerprint density at radius 3 is 2.29 bits per heavy atom. The van der Waals surface area contributed by atoms with E-state index in [-0.39, 0.29) is 10.6 Å². The first-order valence-corrected chi connectivity index (χ1v) is 7.32. The zero-order chi connectivity index (χ0) is 15.7. The van der Waals surface area contributed by atoms with Crippen molar-refractivity contribution in [2.75, 3.05) is 11.1 Å². The number of hydrogen-bond acceptors (Lipinski definition) is 3. The Balaban J connectivity index is 2.57. The lowest BCUT2D eigenvalue weighted by Gasteiger charge is -2.17. The molecule has 4 N–H and O–H groups in total. The monoisotopic (exact) mass is 368 g/mol. The van der Waals surface area contributed by atoms with Gasteiger partial charge < -0.3 is 16.2 Å². The lowest BCUT2D eigenvalue weighted by atomic mass is 10.1. The van der Waals surface area contributed by atoms with Crippen molar-refractivity contribution in [3.05, 3.63) is 50.5 Å². The molecule has 0 spiro atoms. The quantitative estimate of drug-likeness (QED) is 0.683. The predicted molar refractivity (Wildman–Crippen MR) is 89.7 cm³/mol. The van der Waals surface area contributed by atoms with E-state index in [1.807, 2.05) is 26.0 Å². The van der Waals surface area contributed by atoms with Gasteiger partial charge in [0.05, 0.1) is 16.3 Å². The van der Waals surface area contributed by atoms with Gasteiger partial charge in [-0.05, 0) is 49.2 Å². The van der Waals surface area contributed by atoms with Crippen molar-refractivity contribution in [2.24, 2.45) is 0 Å². The van der Waals surface area contributed by atoms with Crippen LogP contribution in [-0.4, -0.2) is 11.1 Å². The summed E-state index contributed by atoms with van der Waals surface area (Å²) < 4.78 is 0.963. The van der Waals surface area contributed by atoms with Crippen LogP contribution >= 0.6 is 27.5 Å². The number of benzene rings is 2. The molecule has 21 heavy (non-hydrogen) atoms. The number of nitrogen functional groups attached to an aromatic ring is 1. The van der Waals surface area contributed by atoms with Crippen LogP contribution in [-0.2, 0) is 0 Å². The molecule has 2 aromatic rings. The molecule has 2 rings (SSSR count). The van der Waals surface area contributed by atoms with Crippen molar-refractivity contribution in [1.82, 2.24) is 0 Å². The Bertz CT molecular complexity index is 709. The molecule has 0 bridgehead atoms. The molecule has 0 aromatic heterocycles. The number of carboxylic acid groups (broad SMARTS) is 1. The minimum atomic E-state index is -1.08. The van der Waals surface area contributed by atoms with Crippen LogP contribution in [0.5, 0.6) is 0 Å². The van der Waals surface area contributed by atoms with E-state index >= 15 is 0 Å². The van der Waals surface area contributed by atoms with Crippen molar-refractivity contribution >= 4 is 50.6 Å². The highest BCUT2D eigenvalue weighted by Gasteiger charge is 2.16. The van der Waals surface area contributed by atoms with Crippen LogP contribution in [0, 0.1) is 13.8 Å². The number of nitrogens with one attached hydrogen (secondary N) is 1. The van der Waals surface area contributed by atoms with E-state index in [0.717, 1.165) is 21.3 Å². The van der Waals surface area contributed by atoms with Gasteiger partial charge in [-0.1, -0.05) is 27.5 Å². The highest BCUT2D eigenvalue weighted by atomic mass is 79.9. The molecule has 0 unspecified atom stereocenters. The summed E-state index contributed by atoms with van der Waals surface area (Å²) in [4.78, 5) is 11.4. The molecule has 0 saturated carbocycles. The SMILES string of the molecule is Cc1cc(Br)cc(C)c1Nc1c(Cl)cc(N)cc1C(=O)O. The van der Waals surface area contributed by atoms with Gasteiger partial charge in [-0.25, -0.2) is 4.79 Å². The highest BCUT2D eigenvalue weighted by molar-refractivity contribution is 9.10. The van der Waals surface area contributed by atoms with Crippen molar-refractivity contribution < 1.29 is 9.90 Å². The Labute approximate surface area is 136 Å². The van der Waals surface area contributed by atoms with Gasteiger partial charge in [-0.2, -0.15) is 0 Å². The predicted octanol–water partition coefficient (Wildman–Crippen LogP) is 4.74. The van der Waals surface area contributed by atoms with Gasteiger partial charge in [0.25, 0.3) is 0 Å². The molecular formula is C15H14BrClN2O2. The molecule has 0 aliphatic rings. The molecule has 4 nitrogen and oxygen atoms in total. The topological polar surface area (TPSA) is 75.3 Å². The first-order chi connectivity index (χ1) is 9.79. The van der Waals surface area contributed by atoms with Gasteiger partial charge >= 0.3 is 5.97 Å². The van der Waals surface area contributed by atoms with Gasteiger partial charge in [0.1, 0.15) is 0 Å². The summed E-state index contributed by atoms with van der Waals surface area (Å²) in [6.45, 7) is 3.87. The van der Waals surface area contributed by atoms with E-state index < -0.39 is 5.97 Å². The molecule has 0 radical (unpaired) electrons. The molecular weight excluding hydrogens is 356 g/mol. The lowest BCUT2D eigenvalue weighted by molar-refractivity contribution is 0.0698. The summed E-state index contributed by atoms with van der Waals surface area (Å²) in [5.74, 6) is -1.08.